The minimum Gasteiger partial charge on any atom is -0.493 e. The molecule has 4 aromatic carbocycles. The Bertz CT molecular complexity index is 1510. The van der Waals surface area contributed by atoms with E-state index in [0.717, 1.165) is 39.3 Å². The molecule has 4 aromatic rings. The molecule has 0 unspecified atom stereocenters. The van der Waals surface area contributed by atoms with Gasteiger partial charge in [0.15, 0.2) is 23.0 Å². The summed E-state index contributed by atoms with van der Waals surface area (Å²) in [5.41, 5.74) is 5.20. The Morgan fingerprint density at radius 1 is 0.756 bits per heavy atom. The van der Waals surface area contributed by atoms with Crippen LogP contribution < -0.4 is 18.9 Å². The molecule has 0 aromatic heterocycles. The summed E-state index contributed by atoms with van der Waals surface area (Å²) in [4.78, 5) is 17.3. The number of hydrogen-bond donors (Lipinski definition) is 0. The van der Waals surface area contributed by atoms with Crippen LogP contribution in [0.2, 0.25) is 0 Å². The molecule has 1 amide bonds. The Morgan fingerprint density at radius 2 is 1.41 bits per heavy atom. The first-order valence-electron chi connectivity index (χ1n) is 13.6. The van der Waals surface area contributed by atoms with Gasteiger partial charge >= 0.3 is 0 Å². The molecule has 0 radical (unpaired) electrons. The molecule has 1 atom stereocenters. The van der Waals surface area contributed by atoms with Crippen LogP contribution in [0.25, 0.3) is 0 Å². The van der Waals surface area contributed by atoms with Crippen molar-refractivity contribution >= 4 is 17.7 Å². The first kappa shape index (κ1) is 28.4. The standard InChI is InChI=1S/C34H35NO5S/c1-37-29-15-14-24(19-30(29)38-2)18-28-27-21-32(40-4)31(39-3)20-25(27)16-17-35(28)34(36)26-12-8-9-13-33(26)41-22-23-10-6-5-7-11-23/h5-15,19-21,28H,16-18,22H2,1-4H3/t28-/m0/s1. The lowest BCUT2D eigenvalue weighted by Crippen LogP contribution is -2.41. The highest BCUT2D eigenvalue weighted by atomic mass is 32.2. The second kappa shape index (κ2) is 13.0. The van der Waals surface area contributed by atoms with Crippen LogP contribution in [0, 0.1) is 0 Å². The second-order valence-electron chi connectivity index (χ2n) is 9.83. The highest BCUT2D eigenvalue weighted by Gasteiger charge is 2.34. The number of carbonyl (C=O) groups is 1. The number of nitrogens with zero attached hydrogens (tertiary/aromatic N) is 1. The molecule has 0 bridgehead atoms. The van der Waals surface area contributed by atoms with E-state index in [9.17, 15) is 4.79 Å². The number of rotatable bonds is 10. The van der Waals surface area contributed by atoms with Gasteiger partial charge < -0.3 is 23.8 Å². The zero-order valence-electron chi connectivity index (χ0n) is 23.9. The van der Waals surface area contributed by atoms with E-state index in [-0.39, 0.29) is 11.9 Å². The maximum absolute atomic E-state index is 14.4. The lowest BCUT2D eigenvalue weighted by molar-refractivity contribution is 0.0656. The number of hydrogen-bond acceptors (Lipinski definition) is 6. The molecule has 0 spiro atoms. The first-order chi connectivity index (χ1) is 20.1. The summed E-state index contributed by atoms with van der Waals surface area (Å²) >= 11 is 1.69. The van der Waals surface area contributed by atoms with Gasteiger partial charge in [0.05, 0.1) is 40.0 Å². The highest BCUT2D eigenvalue weighted by Crippen LogP contribution is 2.41. The first-order valence-corrected chi connectivity index (χ1v) is 14.6. The Hall–Kier alpha value is -4.10. The van der Waals surface area contributed by atoms with Gasteiger partial charge in [0.1, 0.15) is 0 Å². The van der Waals surface area contributed by atoms with Gasteiger partial charge in [-0.2, -0.15) is 0 Å². The molecule has 0 saturated heterocycles. The van der Waals surface area contributed by atoms with E-state index < -0.39 is 0 Å². The predicted octanol–water partition coefficient (Wildman–Crippen LogP) is 7.00. The van der Waals surface area contributed by atoms with Crippen LogP contribution in [0.5, 0.6) is 23.0 Å². The Balaban J connectivity index is 1.52. The third kappa shape index (κ3) is 6.15. The summed E-state index contributed by atoms with van der Waals surface area (Å²) in [6.07, 6.45) is 1.33. The van der Waals surface area contributed by atoms with Crippen LogP contribution in [0.3, 0.4) is 0 Å². The second-order valence-corrected chi connectivity index (χ2v) is 10.9. The molecule has 6 nitrogen and oxygen atoms in total. The molecular formula is C34H35NO5S. The zero-order chi connectivity index (χ0) is 28.8. The van der Waals surface area contributed by atoms with Crippen LogP contribution in [0.4, 0.5) is 0 Å². The molecule has 212 valence electrons. The molecule has 0 fully saturated rings. The van der Waals surface area contributed by atoms with E-state index in [1.54, 1.807) is 40.2 Å². The van der Waals surface area contributed by atoms with Crippen molar-refractivity contribution in [3.8, 4) is 23.0 Å². The average molecular weight is 570 g/mol. The highest BCUT2D eigenvalue weighted by molar-refractivity contribution is 7.98. The number of fused-ring (bicyclic) bond motifs is 1. The van der Waals surface area contributed by atoms with Crippen molar-refractivity contribution < 1.29 is 23.7 Å². The molecule has 7 heteroatoms. The van der Waals surface area contributed by atoms with Crippen molar-refractivity contribution in [1.29, 1.82) is 0 Å². The Morgan fingerprint density at radius 3 is 2.15 bits per heavy atom. The van der Waals surface area contributed by atoms with Gasteiger partial charge in [-0.3, -0.25) is 4.79 Å². The minimum atomic E-state index is -0.212. The third-order valence-electron chi connectivity index (χ3n) is 7.50. The zero-order valence-corrected chi connectivity index (χ0v) is 24.7. The van der Waals surface area contributed by atoms with Crippen LogP contribution in [-0.2, 0) is 18.6 Å². The fraction of sp³-hybridized carbons (Fsp3) is 0.265. The van der Waals surface area contributed by atoms with Gasteiger partial charge in [0.25, 0.3) is 5.91 Å². The predicted molar refractivity (Wildman–Crippen MR) is 163 cm³/mol. The summed E-state index contributed by atoms with van der Waals surface area (Å²) in [5.74, 6) is 3.49. The average Bonchev–Trinajstić information content (AvgIpc) is 3.03. The molecule has 5 rings (SSSR count). The van der Waals surface area contributed by atoms with E-state index in [4.69, 9.17) is 18.9 Å². The Kier molecular flexibility index (Phi) is 9.04. The van der Waals surface area contributed by atoms with Gasteiger partial charge in [-0.15, -0.1) is 11.8 Å². The van der Waals surface area contributed by atoms with E-state index in [1.807, 2.05) is 77.7 Å². The third-order valence-corrected chi connectivity index (χ3v) is 8.64. The smallest absolute Gasteiger partial charge is 0.255 e. The maximum atomic E-state index is 14.4. The van der Waals surface area contributed by atoms with Crippen molar-refractivity contribution in [2.45, 2.75) is 29.5 Å². The van der Waals surface area contributed by atoms with Crippen molar-refractivity contribution in [3.63, 3.8) is 0 Å². The van der Waals surface area contributed by atoms with Crippen molar-refractivity contribution in [2.75, 3.05) is 35.0 Å². The number of ether oxygens (including phenoxy) is 4. The molecule has 0 saturated carbocycles. The van der Waals surface area contributed by atoms with Gasteiger partial charge in [-0.1, -0.05) is 48.5 Å². The lowest BCUT2D eigenvalue weighted by atomic mass is 9.87. The van der Waals surface area contributed by atoms with Crippen LogP contribution >= 0.6 is 11.8 Å². The van der Waals surface area contributed by atoms with Crippen LogP contribution in [0.15, 0.2) is 89.8 Å². The number of thioether (sulfide) groups is 1. The summed E-state index contributed by atoms with van der Waals surface area (Å²) in [7, 11) is 6.55. The van der Waals surface area contributed by atoms with Gasteiger partial charge in [0.2, 0.25) is 0 Å². The molecule has 1 heterocycles. The minimum absolute atomic E-state index is 0.0204. The monoisotopic (exact) mass is 569 g/mol. The SMILES string of the molecule is COc1ccc(C[C@H]2c3cc(OC)c(OC)cc3CCN2C(=O)c2ccccc2SCc2ccccc2)cc1OC. The van der Waals surface area contributed by atoms with Crippen molar-refractivity contribution in [1.82, 2.24) is 4.90 Å². The molecule has 1 aliphatic rings. The Labute approximate surface area is 246 Å². The molecular weight excluding hydrogens is 534 g/mol. The number of carbonyl (C=O) groups excluding carboxylic acids is 1. The topological polar surface area (TPSA) is 57.2 Å². The van der Waals surface area contributed by atoms with E-state index in [2.05, 4.69) is 12.1 Å². The number of amides is 1. The normalized spacial score (nSPS) is 14.2. The van der Waals surface area contributed by atoms with E-state index in [0.29, 0.717) is 36.0 Å². The van der Waals surface area contributed by atoms with Gasteiger partial charge in [-0.05, 0) is 71.5 Å². The summed E-state index contributed by atoms with van der Waals surface area (Å²) in [6, 6.07) is 28.0. The van der Waals surface area contributed by atoms with Crippen LogP contribution in [0.1, 0.15) is 38.7 Å². The van der Waals surface area contributed by atoms with Crippen molar-refractivity contribution in [2.24, 2.45) is 0 Å². The van der Waals surface area contributed by atoms with Gasteiger partial charge in [-0.25, -0.2) is 0 Å². The maximum Gasteiger partial charge on any atom is 0.255 e. The van der Waals surface area contributed by atoms with Gasteiger partial charge in [0, 0.05) is 17.2 Å². The molecule has 0 N–H and O–H groups in total. The summed E-state index contributed by atoms with van der Waals surface area (Å²) in [5, 5.41) is 0. The lowest BCUT2D eigenvalue weighted by Gasteiger charge is -2.38. The summed E-state index contributed by atoms with van der Waals surface area (Å²) < 4.78 is 22.3. The fourth-order valence-electron chi connectivity index (χ4n) is 5.38. The number of benzene rings is 4. The van der Waals surface area contributed by atoms with E-state index in [1.165, 1.54) is 5.56 Å². The summed E-state index contributed by atoms with van der Waals surface area (Å²) in [6.45, 7) is 0.594. The van der Waals surface area contributed by atoms with Crippen LogP contribution in [-0.4, -0.2) is 45.8 Å². The fourth-order valence-corrected chi connectivity index (χ4v) is 6.38. The molecule has 41 heavy (non-hydrogen) atoms. The van der Waals surface area contributed by atoms with Crippen molar-refractivity contribution in [3.05, 3.63) is 113 Å². The molecule has 0 aliphatic carbocycles. The number of methoxy groups -OCH3 is 4. The quantitative estimate of drug-likeness (QED) is 0.192. The van der Waals surface area contributed by atoms with E-state index >= 15 is 0 Å². The largest absolute Gasteiger partial charge is 0.493 e. The molecule has 1 aliphatic heterocycles.